The van der Waals surface area contributed by atoms with Crippen LogP contribution in [0.15, 0.2) is 42.5 Å². The van der Waals surface area contributed by atoms with Gasteiger partial charge in [-0.3, -0.25) is 4.90 Å². The summed E-state index contributed by atoms with van der Waals surface area (Å²) in [6.07, 6.45) is 1.02. The van der Waals surface area contributed by atoms with Crippen molar-refractivity contribution in [2.24, 2.45) is 0 Å². The Hall–Kier alpha value is -1.86. The molecular weight excluding hydrogens is 454 g/mol. The van der Waals surface area contributed by atoms with Crippen molar-refractivity contribution in [3.8, 4) is 5.75 Å². The minimum atomic E-state index is 0.135. The molecule has 0 amide bonds. The number of ether oxygens (including phenoxy) is 2. The van der Waals surface area contributed by atoms with Gasteiger partial charge < -0.3 is 19.7 Å². The van der Waals surface area contributed by atoms with Crippen molar-refractivity contribution in [2.75, 3.05) is 51.8 Å². The zero-order chi connectivity index (χ0) is 23.8. The van der Waals surface area contributed by atoms with Gasteiger partial charge in [0.15, 0.2) is 5.11 Å². The molecule has 180 valence electrons. The molecule has 1 fully saturated rings. The van der Waals surface area contributed by atoms with Gasteiger partial charge in [0.2, 0.25) is 0 Å². The molecule has 0 aromatic heterocycles. The zero-order valence-electron chi connectivity index (χ0n) is 20.2. The van der Waals surface area contributed by atoms with E-state index in [0.29, 0.717) is 10.1 Å². The van der Waals surface area contributed by atoms with Crippen LogP contribution in [0.4, 0.5) is 5.69 Å². The molecule has 0 radical (unpaired) electrons. The van der Waals surface area contributed by atoms with Gasteiger partial charge in [-0.1, -0.05) is 56.6 Å². The fourth-order valence-corrected chi connectivity index (χ4v) is 4.24. The summed E-state index contributed by atoms with van der Waals surface area (Å²) in [5.41, 5.74) is 3.45. The summed E-state index contributed by atoms with van der Waals surface area (Å²) in [5.74, 6) is 0.737. The number of benzene rings is 2. The van der Waals surface area contributed by atoms with Crippen molar-refractivity contribution in [1.29, 1.82) is 0 Å². The van der Waals surface area contributed by atoms with Crippen LogP contribution >= 0.6 is 23.8 Å². The Morgan fingerprint density at radius 2 is 1.85 bits per heavy atom. The van der Waals surface area contributed by atoms with Crippen LogP contribution in [0.3, 0.4) is 0 Å². The maximum atomic E-state index is 6.41. The van der Waals surface area contributed by atoms with Crippen LogP contribution in [0, 0.1) is 0 Å². The molecule has 33 heavy (non-hydrogen) atoms. The average molecular weight is 490 g/mol. The van der Waals surface area contributed by atoms with E-state index in [-0.39, 0.29) is 5.41 Å². The number of anilines is 1. The first-order valence-corrected chi connectivity index (χ1v) is 12.3. The molecule has 0 atom stereocenters. The van der Waals surface area contributed by atoms with Crippen LogP contribution in [-0.2, 0) is 16.7 Å². The Kier molecular flexibility index (Phi) is 9.38. The minimum absolute atomic E-state index is 0.135. The van der Waals surface area contributed by atoms with E-state index < -0.39 is 0 Å². The Morgan fingerprint density at radius 1 is 1.15 bits per heavy atom. The van der Waals surface area contributed by atoms with Crippen molar-refractivity contribution < 1.29 is 9.47 Å². The number of hydrogen-bond donors (Lipinski definition) is 1. The van der Waals surface area contributed by atoms with Crippen molar-refractivity contribution in [1.82, 2.24) is 9.80 Å². The Morgan fingerprint density at radius 3 is 2.48 bits per heavy atom. The quantitative estimate of drug-likeness (QED) is 0.489. The lowest BCUT2D eigenvalue weighted by Gasteiger charge is -2.30. The van der Waals surface area contributed by atoms with E-state index in [9.17, 15) is 0 Å². The highest BCUT2D eigenvalue weighted by Gasteiger charge is 2.17. The molecule has 2 aromatic rings. The fraction of sp³-hybridized carbons (Fsp3) is 0.500. The maximum Gasteiger partial charge on any atom is 0.173 e. The first-order valence-electron chi connectivity index (χ1n) is 11.6. The van der Waals surface area contributed by atoms with E-state index in [0.717, 1.165) is 63.8 Å². The van der Waals surface area contributed by atoms with Crippen LogP contribution in [0.1, 0.15) is 38.3 Å². The number of morpholine rings is 1. The lowest BCUT2D eigenvalue weighted by Crippen LogP contribution is -2.40. The summed E-state index contributed by atoms with van der Waals surface area (Å²) < 4.78 is 10.8. The number of nitrogens with zero attached hydrogens (tertiary/aromatic N) is 2. The van der Waals surface area contributed by atoms with Crippen LogP contribution in [0.5, 0.6) is 5.75 Å². The van der Waals surface area contributed by atoms with Gasteiger partial charge in [-0.05, 0) is 47.3 Å². The molecule has 5 nitrogen and oxygen atoms in total. The second kappa shape index (κ2) is 12.0. The number of thiocarbonyl (C=S) groups is 1. The summed E-state index contributed by atoms with van der Waals surface area (Å²) >= 11 is 12.2. The van der Waals surface area contributed by atoms with E-state index in [4.69, 9.17) is 33.3 Å². The van der Waals surface area contributed by atoms with E-state index in [2.05, 4.69) is 60.2 Å². The largest absolute Gasteiger partial charge is 0.497 e. The molecule has 0 bridgehead atoms. The normalized spacial score (nSPS) is 14.7. The number of halogens is 1. The summed E-state index contributed by atoms with van der Waals surface area (Å²) in [6.45, 7) is 13.0. The van der Waals surface area contributed by atoms with Gasteiger partial charge in [0.1, 0.15) is 5.75 Å². The van der Waals surface area contributed by atoms with Crippen molar-refractivity contribution in [3.05, 3.63) is 58.6 Å². The third kappa shape index (κ3) is 7.85. The van der Waals surface area contributed by atoms with E-state index in [1.165, 1.54) is 11.1 Å². The molecule has 0 aliphatic carbocycles. The predicted octanol–water partition coefficient (Wildman–Crippen LogP) is 5.57. The first-order chi connectivity index (χ1) is 15.8. The molecule has 1 aliphatic heterocycles. The topological polar surface area (TPSA) is 37.0 Å². The maximum absolute atomic E-state index is 6.41. The van der Waals surface area contributed by atoms with Crippen LogP contribution < -0.4 is 10.1 Å². The molecule has 1 saturated heterocycles. The van der Waals surface area contributed by atoms with Gasteiger partial charge in [0, 0.05) is 38.8 Å². The zero-order valence-corrected chi connectivity index (χ0v) is 21.8. The fourth-order valence-electron chi connectivity index (χ4n) is 3.81. The molecule has 0 spiro atoms. The third-order valence-electron chi connectivity index (χ3n) is 5.90. The standard InChI is InChI=1S/C26H36ClN3O2S/c1-26(2,3)21-8-6-20(7-9-21)19-30(13-5-12-29-14-16-32-17-15-29)25(33)28-24-18-22(31-4)10-11-23(24)27/h6-11,18H,5,12-17,19H2,1-4H3,(H,28,33). The molecule has 1 aliphatic rings. The van der Waals surface area contributed by atoms with Crippen LogP contribution in [0.25, 0.3) is 0 Å². The number of hydrogen-bond acceptors (Lipinski definition) is 4. The van der Waals surface area contributed by atoms with Gasteiger partial charge in [-0.2, -0.15) is 0 Å². The first kappa shape index (κ1) is 25.8. The summed E-state index contributed by atoms with van der Waals surface area (Å²) in [6, 6.07) is 14.4. The number of nitrogens with one attached hydrogen (secondary N) is 1. The lowest BCUT2D eigenvalue weighted by atomic mass is 9.87. The lowest BCUT2D eigenvalue weighted by molar-refractivity contribution is 0.0368. The second-order valence-electron chi connectivity index (χ2n) is 9.45. The Bertz CT molecular complexity index is 909. The molecular formula is C26H36ClN3O2S. The highest BCUT2D eigenvalue weighted by molar-refractivity contribution is 7.80. The van der Waals surface area contributed by atoms with Gasteiger partial charge in [-0.25, -0.2) is 0 Å². The van der Waals surface area contributed by atoms with E-state index in [1.807, 2.05) is 18.2 Å². The molecule has 1 N–H and O–H groups in total. The molecule has 0 unspecified atom stereocenters. The van der Waals surface area contributed by atoms with E-state index in [1.54, 1.807) is 7.11 Å². The minimum Gasteiger partial charge on any atom is -0.497 e. The summed E-state index contributed by atoms with van der Waals surface area (Å²) in [7, 11) is 1.64. The molecule has 1 heterocycles. The number of rotatable bonds is 8. The monoisotopic (exact) mass is 489 g/mol. The summed E-state index contributed by atoms with van der Waals surface area (Å²) in [5, 5.41) is 4.61. The predicted molar refractivity (Wildman–Crippen MR) is 142 cm³/mol. The average Bonchev–Trinajstić information content (AvgIpc) is 2.80. The third-order valence-corrected chi connectivity index (χ3v) is 6.59. The Balaban J connectivity index is 1.70. The molecule has 3 rings (SSSR count). The highest BCUT2D eigenvalue weighted by atomic mass is 35.5. The van der Waals surface area contributed by atoms with E-state index >= 15 is 0 Å². The van der Waals surface area contributed by atoms with Crippen LogP contribution in [0.2, 0.25) is 5.02 Å². The van der Waals surface area contributed by atoms with Crippen molar-refractivity contribution in [2.45, 2.75) is 39.2 Å². The SMILES string of the molecule is COc1ccc(Cl)c(NC(=S)N(CCCN2CCOCC2)Cc2ccc(C(C)(C)C)cc2)c1. The van der Waals surface area contributed by atoms with Gasteiger partial charge in [-0.15, -0.1) is 0 Å². The highest BCUT2D eigenvalue weighted by Crippen LogP contribution is 2.27. The van der Waals surface area contributed by atoms with Gasteiger partial charge in [0.05, 0.1) is 31.0 Å². The van der Waals surface area contributed by atoms with Crippen molar-refractivity contribution in [3.63, 3.8) is 0 Å². The van der Waals surface area contributed by atoms with Gasteiger partial charge >= 0.3 is 0 Å². The molecule has 7 heteroatoms. The van der Waals surface area contributed by atoms with Crippen LogP contribution in [-0.4, -0.2) is 61.4 Å². The second-order valence-corrected chi connectivity index (χ2v) is 10.2. The summed E-state index contributed by atoms with van der Waals surface area (Å²) in [4.78, 5) is 4.67. The van der Waals surface area contributed by atoms with Crippen molar-refractivity contribution >= 4 is 34.6 Å². The van der Waals surface area contributed by atoms with Gasteiger partial charge in [0.25, 0.3) is 0 Å². The number of methoxy groups -OCH3 is 1. The molecule has 2 aromatic carbocycles. The molecule has 0 saturated carbocycles. The Labute approximate surface area is 209 Å². The smallest absolute Gasteiger partial charge is 0.173 e.